The van der Waals surface area contributed by atoms with Crippen molar-refractivity contribution in [1.29, 1.82) is 0 Å². The van der Waals surface area contributed by atoms with Crippen molar-refractivity contribution in [3.8, 4) is 0 Å². The minimum atomic E-state index is -4.84. The van der Waals surface area contributed by atoms with Crippen LogP contribution in [0.3, 0.4) is 0 Å². The molecule has 3 aromatic rings. The van der Waals surface area contributed by atoms with Crippen molar-refractivity contribution >= 4 is 94.5 Å². The Morgan fingerprint density at radius 2 is 0.712 bits per heavy atom. The van der Waals surface area contributed by atoms with Gasteiger partial charge >= 0.3 is 7.82 Å². The number of nitrogens with one attached hydrogen (secondary N) is 3. The Balaban J connectivity index is 1.74. The van der Waals surface area contributed by atoms with E-state index in [4.69, 9.17) is 48.4 Å². The van der Waals surface area contributed by atoms with Gasteiger partial charge in [-0.1, -0.05) is 34.8 Å². The van der Waals surface area contributed by atoms with Crippen molar-refractivity contribution in [1.82, 2.24) is 16.0 Å². The van der Waals surface area contributed by atoms with Gasteiger partial charge in [-0.15, -0.1) is 0 Å². The fraction of sp³-hybridized carbons (Fsp3) is 0.222. The van der Waals surface area contributed by atoms with E-state index in [1.54, 1.807) is 0 Å². The summed E-state index contributed by atoms with van der Waals surface area (Å²) >= 11 is 17.7. The molecule has 0 spiro atoms. The van der Waals surface area contributed by atoms with Crippen molar-refractivity contribution in [2.75, 3.05) is 39.5 Å². The number of nitro groups is 6. The molecule has 0 aliphatic heterocycles. The lowest BCUT2D eigenvalue weighted by atomic mass is 10.1. The van der Waals surface area contributed by atoms with Crippen LogP contribution in [0.15, 0.2) is 36.4 Å². The van der Waals surface area contributed by atoms with Crippen LogP contribution in [0.5, 0.6) is 0 Å². The molecular weight excluding hydrogens is 892 g/mol. The molecule has 0 unspecified atom stereocenters. The number of amides is 3. The molecule has 3 rings (SSSR count). The first kappa shape index (κ1) is 46.8. The maximum absolute atomic E-state index is 13.5. The summed E-state index contributed by atoms with van der Waals surface area (Å²) in [6, 6.07) is 3.47. The van der Waals surface area contributed by atoms with Crippen molar-refractivity contribution in [2.45, 2.75) is 0 Å². The second-order valence-electron chi connectivity index (χ2n) is 10.7. The van der Waals surface area contributed by atoms with Crippen LogP contribution in [0.25, 0.3) is 0 Å². The molecule has 0 fully saturated rings. The summed E-state index contributed by atoms with van der Waals surface area (Å²) in [7, 11) is -4.84. The lowest BCUT2D eigenvalue weighted by Gasteiger charge is -2.19. The normalized spacial score (nSPS) is 11.0. The number of nitro benzene ring substituents is 6. The number of carbonyl (C=O) groups excluding carboxylic acids is 3. The SMILES string of the molecule is O=C(NCCOP(=O)(OCCNC(=O)c1cc([N+](=O)[O-])cc([N+](=O)[O-])c1Cl)OCCNC(=O)c1cc([N+](=O)[O-])cc([N+](=O)[O-])c1Cl)c1cc([N+](=O)[O-])cc([N+](=O)[O-])c1Cl. The van der Waals surface area contributed by atoms with Crippen molar-refractivity contribution < 1.29 is 62.1 Å². The molecule has 28 nitrogen and oxygen atoms in total. The third-order valence-electron chi connectivity index (χ3n) is 6.98. The highest BCUT2D eigenvalue weighted by Crippen LogP contribution is 2.49. The molecule has 32 heteroatoms. The Hall–Kier alpha value is -6.55. The number of halogens is 3. The molecule has 0 saturated carbocycles. The van der Waals surface area contributed by atoms with E-state index < -0.39 is 160 Å². The lowest BCUT2D eigenvalue weighted by Crippen LogP contribution is -2.29. The molecule has 0 aliphatic rings. The van der Waals surface area contributed by atoms with Gasteiger partial charge in [-0.3, -0.25) is 88.6 Å². The average molecular weight is 913 g/mol. The number of phosphoric acid groups is 1. The second-order valence-corrected chi connectivity index (χ2v) is 13.5. The summed E-state index contributed by atoms with van der Waals surface area (Å²) in [5.74, 6) is -3.56. The average Bonchev–Trinajstić information content (AvgIpc) is 3.16. The minimum Gasteiger partial charge on any atom is -0.350 e. The van der Waals surface area contributed by atoms with Gasteiger partial charge in [-0.2, -0.15) is 0 Å². The van der Waals surface area contributed by atoms with Gasteiger partial charge in [-0.05, 0) is 0 Å². The summed E-state index contributed by atoms with van der Waals surface area (Å²) in [6.07, 6.45) is 0. The van der Waals surface area contributed by atoms with Crippen LogP contribution in [0.2, 0.25) is 15.1 Å². The highest BCUT2D eigenvalue weighted by molar-refractivity contribution is 7.48. The molecule has 0 atom stereocenters. The molecule has 0 radical (unpaired) electrons. The molecule has 0 heterocycles. The zero-order valence-corrected chi connectivity index (χ0v) is 31.9. The van der Waals surface area contributed by atoms with E-state index in [0.717, 1.165) is 0 Å². The van der Waals surface area contributed by atoms with Crippen LogP contribution >= 0.6 is 42.6 Å². The van der Waals surface area contributed by atoms with E-state index in [9.17, 15) is 79.6 Å². The molecule has 3 amide bonds. The third kappa shape index (κ3) is 12.2. The largest absolute Gasteiger partial charge is 0.474 e. The highest BCUT2D eigenvalue weighted by atomic mass is 35.5. The zero-order chi connectivity index (χ0) is 44.4. The number of phosphoric ester groups is 1. The Morgan fingerprint density at radius 1 is 0.475 bits per heavy atom. The minimum absolute atomic E-state index is 0.516. The number of benzene rings is 3. The molecule has 0 saturated heterocycles. The number of nitrogens with zero attached hydrogens (tertiary/aromatic N) is 6. The van der Waals surface area contributed by atoms with E-state index in [0.29, 0.717) is 36.4 Å². The summed E-state index contributed by atoms with van der Waals surface area (Å²) < 4.78 is 28.9. The molecule has 59 heavy (non-hydrogen) atoms. The van der Waals surface area contributed by atoms with E-state index in [-0.39, 0.29) is 0 Å². The van der Waals surface area contributed by atoms with Gasteiger partial charge in [0.25, 0.3) is 51.8 Å². The molecule has 0 bridgehead atoms. The summed E-state index contributed by atoms with van der Waals surface area (Å²) in [5, 5.41) is 71.7. The first-order valence-electron chi connectivity index (χ1n) is 15.3. The Morgan fingerprint density at radius 3 is 0.915 bits per heavy atom. The summed E-state index contributed by atoms with van der Waals surface area (Å²) in [4.78, 5) is 99.4. The second kappa shape index (κ2) is 20.2. The van der Waals surface area contributed by atoms with Gasteiger partial charge < -0.3 is 16.0 Å². The van der Waals surface area contributed by atoms with E-state index in [1.165, 1.54) is 0 Å². The lowest BCUT2D eigenvalue weighted by molar-refractivity contribution is -0.394. The fourth-order valence-corrected chi connectivity index (χ4v) is 6.32. The number of rotatable bonds is 21. The molecule has 3 N–H and O–H groups in total. The van der Waals surface area contributed by atoms with Crippen LogP contribution in [-0.2, 0) is 18.1 Å². The van der Waals surface area contributed by atoms with E-state index in [2.05, 4.69) is 16.0 Å². The number of non-ortho nitro benzene ring substituents is 3. The van der Waals surface area contributed by atoms with Crippen LogP contribution in [0.1, 0.15) is 31.1 Å². The van der Waals surface area contributed by atoms with Crippen molar-refractivity contribution in [2.24, 2.45) is 0 Å². The van der Waals surface area contributed by atoms with Crippen LogP contribution in [0.4, 0.5) is 34.1 Å². The summed E-state index contributed by atoms with van der Waals surface area (Å²) in [6.45, 7) is -4.12. The van der Waals surface area contributed by atoms with Crippen LogP contribution < -0.4 is 16.0 Å². The smallest absolute Gasteiger partial charge is 0.350 e. The number of hydrogen-bond acceptors (Lipinski definition) is 19. The van der Waals surface area contributed by atoms with Gasteiger partial charge in [0.2, 0.25) is 0 Å². The van der Waals surface area contributed by atoms with E-state index >= 15 is 0 Å². The Labute approximate surface area is 340 Å². The quantitative estimate of drug-likeness (QED) is 0.0556. The maximum atomic E-state index is 13.5. The van der Waals surface area contributed by atoms with Gasteiger partial charge in [0.05, 0.1) is 84.2 Å². The standard InChI is InChI=1S/C27H21Cl3N9O19P/c28-22-16(7-13(34(43)44)10-19(22)37(49)50)25(40)31-1-4-56-59(55,57-5-2-32-26(41)17-8-14(35(45)46)11-20(23(17)29)38(51)52)58-6-3-33-27(42)18-9-15(36(47)48)12-21(24(18)30)39(53)54/h7-12H,1-6H2,(H,31,40)(H,32,41)(H,33,42). The number of carbonyl (C=O) groups is 3. The van der Waals surface area contributed by atoms with E-state index in [1.807, 2.05) is 0 Å². The van der Waals surface area contributed by atoms with Crippen LogP contribution in [-0.4, -0.2) is 86.7 Å². The highest BCUT2D eigenvalue weighted by Gasteiger charge is 2.31. The van der Waals surface area contributed by atoms with Gasteiger partial charge in [0.15, 0.2) is 0 Å². The third-order valence-corrected chi connectivity index (χ3v) is 9.67. The molecule has 3 aromatic carbocycles. The summed E-state index contributed by atoms with van der Waals surface area (Å²) in [5.41, 5.74) is -7.56. The topological polar surface area (TPSA) is 391 Å². The molecule has 314 valence electrons. The Bertz CT molecular complexity index is 2080. The van der Waals surface area contributed by atoms with Crippen molar-refractivity contribution in [3.63, 3.8) is 0 Å². The predicted molar refractivity (Wildman–Crippen MR) is 197 cm³/mol. The van der Waals surface area contributed by atoms with Crippen molar-refractivity contribution in [3.05, 3.63) is 129 Å². The molecule has 0 aromatic heterocycles. The van der Waals surface area contributed by atoms with Gasteiger partial charge in [0.1, 0.15) is 15.1 Å². The monoisotopic (exact) mass is 911 g/mol. The zero-order valence-electron chi connectivity index (χ0n) is 28.7. The van der Waals surface area contributed by atoms with Crippen LogP contribution in [0, 0.1) is 60.7 Å². The van der Waals surface area contributed by atoms with Gasteiger partial charge in [0, 0.05) is 37.8 Å². The number of hydrogen-bond donors (Lipinski definition) is 3. The molecule has 0 aliphatic carbocycles. The molecular formula is C27H21Cl3N9O19P. The first-order valence-corrected chi connectivity index (χ1v) is 17.9. The Kier molecular flexibility index (Phi) is 16.1. The first-order chi connectivity index (χ1) is 27.6. The maximum Gasteiger partial charge on any atom is 0.474 e. The fourth-order valence-electron chi connectivity index (χ4n) is 4.36. The van der Waals surface area contributed by atoms with Gasteiger partial charge in [-0.25, -0.2) is 4.57 Å². The predicted octanol–water partition coefficient (Wildman–Crippen LogP) is 4.84.